The van der Waals surface area contributed by atoms with Gasteiger partial charge in [0.2, 0.25) is 0 Å². The number of aromatic nitrogens is 1. The number of anilines is 1. The fourth-order valence-electron chi connectivity index (χ4n) is 1.35. The Morgan fingerprint density at radius 1 is 1.36 bits per heavy atom. The van der Waals surface area contributed by atoms with Crippen molar-refractivity contribution < 1.29 is 0 Å². The average molecular weight is 204 g/mol. The van der Waals surface area contributed by atoms with Gasteiger partial charge >= 0.3 is 0 Å². The molecule has 0 amide bonds. The van der Waals surface area contributed by atoms with E-state index in [4.69, 9.17) is 5.73 Å². The number of thiophene rings is 1. The molecule has 0 atom stereocenters. The van der Waals surface area contributed by atoms with Crippen molar-refractivity contribution in [3.05, 3.63) is 45.9 Å². The van der Waals surface area contributed by atoms with Crippen LogP contribution in [0.5, 0.6) is 0 Å². The van der Waals surface area contributed by atoms with Crippen LogP contribution in [0.4, 0.5) is 5.69 Å². The van der Waals surface area contributed by atoms with Crippen molar-refractivity contribution in [2.75, 3.05) is 5.73 Å². The van der Waals surface area contributed by atoms with E-state index >= 15 is 0 Å². The lowest BCUT2D eigenvalue weighted by atomic mass is 10.1. The Morgan fingerprint density at radius 2 is 2.21 bits per heavy atom. The number of hydrogen-bond donors (Lipinski definition) is 1. The van der Waals surface area contributed by atoms with Crippen molar-refractivity contribution in [1.82, 2.24) is 4.98 Å². The van der Waals surface area contributed by atoms with Crippen LogP contribution in [0.25, 0.3) is 0 Å². The van der Waals surface area contributed by atoms with Crippen LogP contribution in [0.15, 0.2) is 30.6 Å². The van der Waals surface area contributed by atoms with Gasteiger partial charge in [0.15, 0.2) is 0 Å². The molecule has 0 aliphatic rings. The fraction of sp³-hybridized carbons (Fsp3) is 0.182. The number of nitrogen functional groups attached to an aromatic ring is 1. The van der Waals surface area contributed by atoms with Gasteiger partial charge in [0.25, 0.3) is 0 Å². The number of nitrogens with zero attached hydrogens (tertiary/aromatic N) is 1. The van der Waals surface area contributed by atoms with Crippen molar-refractivity contribution in [3.63, 3.8) is 0 Å². The van der Waals surface area contributed by atoms with Gasteiger partial charge in [-0.25, -0.2) is 0 Å². The number of hydrogen-bond acceptors (Lipinski definition) is 3. The van der Waals surface area contributed by atoms with E-state index in [-0.39, 0.29) is 0 Å². The summed E-state index contributed by atoms with van der Waals surface area (Å²) in [4.78, 5) is 6.74. The minimum Gasteiger partial charge on any atom is -0.398 e. The van der Waals surface area contributed by atoms with E-state index in [0.717, 1.165) is 17.7 Å². The summed E-state index contributed by atoms with van der Waals surface area (Å²) in [5.41, 5.74) is 7.77. The zero-order valence-electron chi connectivity index (χ0n) is 8.03. The van der Waals surface area contributed by atoms with Crippen LogP contribution >= 0.6 is 11.3 Å². The summed E-state index contributed by atoms with van der Waals surface area (Å²) < 4.78 is 0. The van der Waals surface area contributed by atoms with E-state index in [1.54, 1.807) is 6.20 Å². The molecule has 2 heterocycles. The molecule has 0 saturated carbocycles. The lowest BCUT2D eigenvalue weighted by Crippen LogP contribution is -1.94. The van der Waals surface area contributed by atoms with Crippen molar-refractivity contribution in [3.8, 4) is 0 Å². The Balaban J connectivity index is 2.23. The first-order chi connectivity index (χ1) is 6.75. The number of aryl methyl sites for hydroxylation is 1. The molecule has 0 aromatic carbocycles. The van der Waals surface area contributed by atoms with Crippen LogP contribution in [0.3, 0.4) is 0 Å². The maximum Gasteiger partial charge on any atom is 0.0381 e. The van der Waals surface area contributed by atoms with Crippen LogP contribution in [-0.2, 0) is 6.42 Å². The fourth-order valence-corrected chi connectivity index (χ4v) is 2.27. The normalized spacial score (nSPS) is 10.4. The summed E-state index contributed by atoms with van der Waals surface area (Å²) >= 11 is 1.81. The third kappa shape index (κ3) is 1.93. The van der Waals surface area contributed by atoms with E-state index in [1.807, 2.05) is 23.6 Å². The second kappa shape index (κ2) is 3.80. The van der Waals surface area contributed by atoms with Gasteiger partial charge in [-0.2, -0.15) is 0 Å². The molecule has 0 spiro atoms. The Bertz CT molecular complexity index is 434. The van der Waals surface area contributed by atoms with Gasteiger partial charge in [-0.05, 0) is 30.7 Å². The maximum atomic E-state index is 5.84. The van der Waals surface area contributed by atoms with Gasteiger partial charge < -0.3 is 5.73 Å². The van der Waals surface area contributed by atoms with E-state index in [9.17, 15) is 0 Å². The zero-order valence-corrected chi connectivity index (χ0v) is 8.84. The Kier molecular flexibility index (Phi) is 2.50. The highest BCUT2D eigenvalue weighted by Crippen LogP contribution is 2.21. The first-order valence-electron chi connectivity index (χ1n) is 4.49. The molecule has 2 N–H and O–H groups in total. The van der Waals surface area contributed by atoms with Gasteiger partial charge in [0, 0.05) is 34.3 Å². The van der Waals surface area contributed by atoms with Gasteiger partial charge in [-0.1, -0.05) is 0 Å². The van der Waals surface area contributed by atoms with Gasteiger partial charge in [-0.3, -0.25) is 4.98 Å². The molecule has 2 aromatic rings. The molecule has 0 aliphatic carbocycles. The molecular weight excluding hydrogens is 192 g/mol. The average Bonchev–Trinajstić information content (AvgIpc) is 2.56. The van der Waals surface area contributed by atoms with Crippen molar-refractivity contribution >= 4 is 17.0 Å². The van der Waals surface area contributed by atoms with Gasteiger partial charge in [0.1, 0.15) is 0 Å². The first kappa shape index (κ1) is 9.21. The maximum absolute atomic E-state index is 5.84. The van der Waals surface area contributed by atoms with E-state index in [0.29, 0.717) is 0 Å². The Hall–Kier alpha value is -1.35. The van der Waals surface area contributed by atoms with E-state index in [1.165, 1.54) is 9.75 Å². The molecule has 2 nitrogen and oxygen atoms in total. The molecular formula is C11H12N2S. The molecule has 3 heteroatoms. The zero-order chi connectivity index (χ0) is 9.97. The van der Waals surface area contributed by atoms with E-state index < -0.39 is 0 Å². The molecule has 0 radical (unpaired) electrons. The summed E-state index contributed by atoms with van der Waals surface area (Å²) in [6.45, 7) is 2.11. The Morgan fingerprint density at radius 3 is 2.86 bits per heavy atom. The minimum atomic E-state index is 0.825. The van der Waals surface area contributed by atoms with Crippen LogP contribution in [0, 0.1) is 6.92 Å². The highest BCUT2D eigenvalue weighted by Gasteiger charge is 2.02. The lowest BCUT2D eigenvalue weighted by Gasteiger charge is -2.01. The van der Waals surface area contributed by atoms with Crippen LogP contribution in [0.1, 0.15) is 15.3 Å². The molecule has 0 fully saturated rings. The molecule has 14 heavy (non-hydrogen) atoms. The van der Waals surface area contributed by atoms with Crippen molar-refractivity contribution in [1.29, 1.82) is 0 Å². The predicted molar refractivity (Wildman–Crippen MR) is 60.5 cm³/mol. The highest BCUT2D eigenvalue weighted by atomic mass is 32.1. The molecule has 0 saturated heterocycles. The molecule has 2 rings (SSSR count). The first-order valence-corrected chi connectivity index (χ1v) is 5.31. The second-order valence-electron chi connectivity index (χ2n) is 3.26. The predicted octanol–water partition coefficient (Wildman–Crippen LogP) is 2.62. The molecule has 2 aromatic heterocycles. The van der Waals surface area contributed by atoms with Crippen molar-refractivity contribution in [2.45, 2.75) is 13.3 Å². The van der Waals surface area contributed by atoms with Crippen molar-refractivity contribution in [2.24, 2.45) is 0 Å². The summed E-state index contributed by atoms with van der Waals surface area (Å²) in [7, 11) is 0. The smallest absolute Gasteiger partial charge is 0.0381 e. The van der Waals surface area contributed by atoms with Crippen LogP contribution in [0.2, 0.25) is 0 Å². The monoisotopic (exact) mass is 204 g/mol. The third-order valence-electron chi connectivity index (χ3n) is 2.10. The largest absolute Gasteiger partial charge is 0.398 e. The van der Waals surface area contributed by atoms with Crippen LogP contribution < -0.4 is 5.73 Å². The van der Waals surface area contributed by atoms with Crippen LogP contribution in [-0.4, -0.2) is 4.98 Å². The summed E-state index contributed by atoms with van der Waals surface area (Å²) in [5.74, 6) is 0. The summed E-state index contributed by atoms with van der Waals surface area (Å²) in [5, 5.41) is 0. The van der Waals surface area contributed by atoms with E-state index in [2.05, 4.69) is 24.0 Å². The molecule has 0 bridgehead atoms. The molecule has 0 aliphatic heterocycles. The molecule has 72 valence electrons. The lowest BCUT2D eigenvalue weighted by molar-refractivity contribution is 1.18. The Labute approximate surface area is 87.4 Å². The third-order valence-corrected chi connectivity index (χ3v) is 3.10. The standard InChI is InChI=1S/C11H12N2S/c1-8-2-3-10(14-8)6-9-7-13-5-4-11(9)12/h2-5,7H,6H2,1H3,(H2,12,13). The summed E-state index contributed by atoms with van der Waals surface area (Å²) in [6.07, 6.45) is 4.45. The molecule has 0 unspecified atom stereocenters. The second-order valence-corrected chi connectivity index (χ2v) is 4.64. The number of rotatable bonds is 2. The topological polar surface area (TPSA) is 38.9 Å². The highest BCUT2D eigenvalue weighted by molar-refractivity contribution is 7.11. The number of pyridine rings is 1. The van der Waals surface area contributed by atoms with Gasteiger partial charge in [-0.15, -0.1) is 11.3 Å². The quantitative estimate of drug-likeness (QED) is 0.816. The SMILES string of the molecule is Cc1ccc(Cc2cnccc2N)s1. The van der Waals surface area contributed by atoms with Gasteiger partial charge in [0.05, 0.1) is 0 Å². The minimum absolute atomic E-state index is 0.825. The number of nitrogens with two attached hydrogens (primary N) is 1. The summed E-state index contributed by atoms with van der Waals surface area (Å²) in [6, 6.07) is 6.12.